The highest BCUT2D eigenvalue weighted by Crippen LogP contribution is 2.35. The first-order valence-corrected chi connectivity index (χ1v) is 9.94. The molecule has 2 atom stereocenters. The first kappa shape index (κ1) is 19.8. The van der Waals surface area contributed by atoms with Crippen molar-refractivity contribution in [2.75, 3.05) is 13.1 Å². The lowest BCUT2D eigenvalue weighted by Gasteiger charge is -2.30. The summed E-state index contributed by atoms with van der Waals surface area (Å²) >= 11 is 0. The predicted molar refractivity (Wildman–Crippen MR) is 103 cm³/mol. The molecule has 1 saturated carbocycles. The summed E-state index contributed by atoms with van der Waals surface area (Å²) in [6, 6.07) is 5.19. The molecule has 2 aliphatic rings. The van der Waals surface area contributed by atoms with E-state index in [9.17, 15) is 14.0 Å². The molecular weight excluding hydrogens is 345 g/mol. The Labute approximate surface area is 160 Å². The minimum Gasteiger partial charge on any atom is -0.355 e. The van der Waals surface area contributed by atoms with Gasteiger partial charge in [0.05, 0.1) is 0 Å². The number of benzene rings is 1. The molecule has 27 heavy (non-hydrogen) atoms. The van der Waals surface area contributed by atoms with Gasteiger partial charge in [0.1, 0.15) is 5.82 Å². The van der Waals surface area contributed by atoms with Crippen molar-refractivity contribution in [2.45, 2.75) is 64.6 Å². The molecule has 2 N–H and O–H groups in total. The van der Waals surface area contributed by atoms with E-state index >= 15 is 0 Å². The van der Waals surface area contributed by atoms with Crippen LogP contribution in [-0.2, 0) is 16.1 Å². The highest BCUT2D eigenvalue weighted by atomic mass is 19.1. The second-order valence-electron chi connectivity index (χ2n) is 8.01. The molecule has 1 saturated heterocycles. The number of aryl methyl sites for hydroxylation is 1. The zero-order chi connectivity index (χ0) is 19.4. The SMILES string of the molecule is CC(=O)NC[C@H]1CC[C@@H](CC(=O)NCc2cc(F)ccc2C)N1CC1CC1. The standard InChI is InChI=1S/C21H30FN3O2/c1-14-3-6-18(22)9-17(14)11-24-21(27)10-19-7-8-20(12-23-15(2)26)25(19)13-16-4-5-16/h3,6,9,16,19-20H,4-5,7-8,10-13H2,1-2H3,(H,23,26)(H,24,27)/t19-,20+/m0/s1. The number of amides is 2. The second kappa shape index (κ2) is 8.83. The van der Waals surface area contributed by atoms with Gasteiger partial charge in [-0.1, -0.05) is 6.07 Å². The Morgan fingerprint density at radius 3 is 2.59 bits per heavy atom. The van der Waals surface area contributed by atoms with Crippen LogP contribution in [0.4, 0.5) is 4.39 Å². The maximum atomic E-state index is 13.4. The molecule has 0 aromatic heterocycles. The Morgan fingerprint density at radius 1 is 1.15 bits per heavy atom. The van der Waals surface area contributed by atoms with E-state index in [2.05, 4.69) is 15.5 Å². The topological polar surface area (TPSA) is 61.4 Å². The molecule has 148 valence electrons. The van der Waals surface area contributed by atoms with Crippen LogP contribution in [0.2, 0.25) is 0 Å². The fourth-order valence-electron chi connectivity index (χ4n) is 3.92. The van der Waals surface area contributed by atoms with Gasteiger partial charge in [-0.2, -0.15) is 0 Å². The molecule has 0 unspecified atom stereocenters. The largest absolute Gasteiger partial charge is 0.355 e. The summed E-state index contributed by atoms with van der Waals surface area (Å²) in [7, 11) is 0. The lowest BCUT2D eigenvalue weighted by Crippen LogP contribution is -2.45. The number of halogens is 1. The molecule has 3 rings (SSSR count). The maximum Gasteiger partial charge on any atom is 0.221 e. The summed E-state index contributed by atoms with van der Waals surface area (Å²) in [5, 5.41) is 5.87. The van der Waals surface area contributed by atoms with Crippen LogP contribution in [0.1, 0.15) is 50.2 Å². The molecule has 0 radical (unpaired) electrons. The van der Waals surface area contributed by atoms with Gasteiger partial charge in [-0.05, 0) is 61.8 Å². The molecule has 2 fully saturated rings. The van der Waals surface area contributed by atoms with Gasteiger partial charge < -0.3 is 10.6 Å². The highest BCUT2D eigenvalue weighted by molar-refractivity contribution is 5.76. The van der Waals surface area contributed by atoms with Crippen molar-refractivity contribution in [3.63, 3.8) is 0 Å². The highest BCUT2D eigenvalue weighted by Gasteiger charge is 2.37. The van der Waals surface area contributed by atoms with Crippen molar-refractivity contribution in [1.29, 1.82) is 0 Å². The van der Waals surface area contributed by atoms with Gasteiger partial charge >= 0.3 is 0 Å². The Morgan fingerprint density at radius 2 is 1.89 bits per heavy atom. The maximum absolute atomic E-state index is 13.4. The minimum absolute atomic E-state index is 0.00429. The summed E-state index contributed by atoms with van der Waals surface area (Å²) in [4.78, 5) is 26.2. The van der Waals surface area contributed by atoms with Crippen LogP contribution in [0.25, 0.3) is 0 Å². The third-order valence-corrected chi connectivity index (χ3v) is 5.73. The molecule has 5 nitrogen and oxygen atoms in total. The van der Waals surface area contributed by atoms with Crippen LogP contribution >= 0.6 is 0 Å². The lowest BCUT2D eigenvalue weighted by molar-refractivity contribution is -0.122. The van der Waals surface area contributed by atoms with Crippen LogP contribution < -0.4 is 10.6 Å². The zero-order valence-electron chi connectivity index (χ0n) is 16.3. The third kappa shape index (κ3) is 5.76. The molecule has 6 heteroatoms. The quantitative estimate of drug-likeness (QED) is 0.734. The predicted octanol–water partition coefficient (Wildman–Crippen LogP) is 2.52. The van der Waals surface area contributed by atoms with Gasteiger partial charge in [0.25, 0.3) is 0 Å². The Bertz CT molecular complexity index is 690. The summed E-state index contributed by atoms with van der Waals surface area (Å²) in [6.45, 7) is 5.49. The van der Waals surface area contributed by atoms with E-state index in [-0.39, 0.29) is 23.7 Å². The van der Waals surface area contributed by atoms with Gasteiger partial charge in [-0.25, -0.2) is 4.39 Å². The number of carbonyl (C=O) groups is 2. The van der Waals surface area contributed by atoms with Crippen LogP contribution in [0.5, 0.6) is 0 Å². The third-order valence-electron chi connectivity index (χ3n) is 5.73. The van der Waals surface area contributed by atoms with Crippen molar-refractivity contribution in [3.8, 4) is 0 Å². The number of nitrogens with one attached hydrogen (secondary N) is 2. The molecule has 1 aliphatic carbocycles. The van der Waals surface area contributed by atoms with Gasteiger partial charge in [0, 0.05) is 45.1 Å². The minimum atomic E-state index is -0.280. The first-order chi connectivity index (χ1) is 12.9. The van der Waals surface area contributed by atoms with E-state index < -0.39 is 0 Å². The van der Waals surface area contributed by atoms with E-state index in [0.29, 0.717) is 25.6 Å². The smallest absolute Gasteiger partial charge is 0.221 e. The number of hydrogen-bond acceptors (Lipinski definition) is 3. The van der Waals surface area contributed by atoms with Gasteiger partial charge in [-0.3, -0.25) is 14.5 Å². The van der Waals surface area contributed by atoms with E-state index in [4.69, 9.17) is 0 Å². The zero-order valence-corrected chi connectivity index (χ0v) is 16.3. The summed E-state index contributed by atoms with van der Waals surface area (Å²) in [5.41, 5.74) is 1.79. The number of carbonyl (C=O) groups excluding carboxylic acids is 2. The van der Waals surface area contributed by atoms with Crippen LogP contribution in [-0.4, -0.2) is 41.9 Å². The van der Waals surface area contributed by atoms with Crippen LogP contribution in [0.15, 0.2) is 18.2 Å². The van der Waals surface area contributed by atoms with Crippen molar-refractivity contribution < 1.29 is 14.0 Å². The Balaban J connectivity index is 1.53. The van der Waals surface area contributed by atoms with E-state index in [1.807, 2.05) is 6.92 Å². The van der Waals surface area contributed by atoms with Crippen LogP contribution in [0, 0.1) is 18.7 Å². The molecule has 0 bridgehead atoms. The fraction of sp³-hybridized carbons (Fsp3) is 0.619. The van der Waals surface area contributed by atoms with E-state index in [0.717, 1.165) is 36.4 Å². The van der Waals surface area contributed by atoms with E-state index in [1.54, 1.807) is 13.0 Å². The van der Waals surface area contributed by atoms with Crippen molar-refractivity contribution in [3.05, 3.63) is 35.1 Å². The average molecular weight is 375 g/mol. The van der Waals surface area contributed by atoms with E-state index in [1.165, 1.54) is 25.0 Å². The van der Waals surface area contributed by atoms with Crippen molar-refractivity contribution >= 4 is 11.8 Å². The Hall–Kier alpha value is -1.95. The van der Waals surface area contributed by atoms with Crippen molar-refractivity contribution in [2.24, 2.45) is 5.92 Å². The number of hydrogen-bond donors (Lipinski definition) is 2. The molecule has 0 spiro atoms. The van der Waals surface area contributed by atoms with Gasteiger partial charge in [-0.15, -0.1) is 0 Å². The van der Waals surface area contributed by atoms with Crippen LogP contribution in [0.3, 0.4) is 0 Å². The molecule has 1 aliphatic heterocycles. The van der Waals surface area contributed by atoms with Gasteiger partial charge in [0.15, 0.2) is 0 Å². The summed E-state index contributed by atoms with van der Waals surface area (Å²) in [5.74, 6) is 0.457. The molecule has 1 heterocycles. The number of likely N-dealkylation sites (tertiary alicyclic amines) is 1. The lowest BCUT2D eigenvalue weighted by atomic mass is 10.1. The number of rotatable bonds is 8. The van der Waals surface area contributed by atoms with Gasteiger partial charge in [0.2, 0.25) is 11.8 Å². The Kier molecular flexibility index (Phi) is 6.47. The normalized spacial score (nSPS) is 22.6. The molecular formula is C21H30FN3O2. The summed E-state index contributed by atoms with van der Waals surface area (Å²) in [6.07, 6.45) is 4.97. The molecule has 1 aromatic carbocycles. The first-order valence-electron chi connectivity index (χ1n) is 9.94. The monoisotopic (exact) mass is 375 g/mol. The number of nitrogens with zero attached hydrogens (tertiary/aromatic N) is 1. The fourth-order valence-corrected chi connectivity index (χ4v) is 3.92. The van der Waals surface area contributed by atoms with Crippen molar-refractivity contribution in [1.82, 2.24) is 15.5 Å². The second-order valence-corrected chi connectivity index (χ2v) is 8.01. The average Bonchev–Trinajstić information content (AvgIpc) is 3.36. The molecule has 2 amide bonds. The molecule has 1 aromatic rings. The summed E-state index contributed by atoms with van der Waals surface area (Å²) < 4.78 is 13.4.